The summed E-state index contributed by atoms with van der Waals surface area (Å²) in [6, 6.07) is 0.292. The summed E-state index contributed by atoms with van der Waals surface area (Å²) < 4.78 is 0. The molecule has 84 valence electrons. The lowest BCUT2D eigenvalue weighted by molar-refractivity contribution is -0.118. The number of amides is 1. The zero-order valence-corrected chi connectivity index (χ0v) is 8.91. The van der Waals surface area contributed by atoms with Crippen LogP contribution >= 0.6 is 0 Å². The molecule has 0 bridgehead atoms. The van der Waals surface area contributed by atoms with Crippen LogP contribution in [0.1, 0.15) is 32.1 Å². The van der Waals surface area contributed by atoms with Crippen LogP contribution in [0.25, 0.3) is 0 Å². The number of allylic oxidation sites excluding steroid dienone is 2. The second-order valence-electron chi connectivity index (χ2n) is 3.82. The molecule has 1 aliphatic rings. The quantitative estimate of drug-likeness (QED) is 0.474. The summed E-state index contributed by atoms with van der Waals surface area (Å²) in [5.74, 6) is -0.194. The predicted molar refractivity (Wildman–Crippen MR) is 60.6 cm³/mol. The Kier molecular flexibility index (Phi) is 4.74. The molecule has 1 amide bonds. The Labute approximate surface area is 90.4 Å². The van der Waals surface area contributed by atoms with Crippen molar-refractivity contribution in [2.75, 3.05) is 0 Å². The summed E-state index contributed by atoms with van der Waals surface area (Å²) in [5.41, 5.74) is 10.9. The number of rotatable bonds is 3. The standard InChI is InChI=1S/C11H19N3O/c12-8-4-7-10(13)11(15)14-9-5-2-1-3-6-9/h4,7-9H,1-3,5-6,12-13H2,(H,14,15)/b8-4?,10-7-. The van der Waals surface area contributed by atoms with Crippen molar-refractivity contribution in [3.8, 4) is 0 Å². The van der Waals surface area contributed by atoms with E-state index in [1.165, 1.54) is 31.5 Å². The Hall–Kier alpha value is -1.45. The molecule has 0 spiro atoms. The maximum absolute atomic E-state index is 11.5. The van der Waals surface area contributed by atoms with Crippen molar-refractivity contribution in [1.82, 2.24) is 5.32 Å². The molecule has 1 aliphatic carbocycles. The van der Waals surface area contributed by atoms with Gasteiger partial charge in [-0.1, -0.05) is 19.3 Å². The van der Waals surface area contributed by atoms with E-state index in [1.54, 1.807) is 6.08 Å². The lowest BCUT2D eigenvalue weighted by atomic mass is 9.95. The number of nitrogens with one attached hydrogen (secondary N) is 1. The van der Waals surface area contributed by atoms with Crippen molar-refractivity contribution in [3.63, 3.8) is 0 Å². The predicted octanol–water partition coefficient (Wildman–Crippen LogP) is 0.750. The smallest absolute Gasteiger partial charge is 0.267 e. The summed E-state index contributed by atoms with van der Waals surface area (Å²) >= 11 is 0. The van der Waals surface area contributed by atoms with E-state index in [1.807, 2.05) is 0 Å². The summed E-state index contributed by atoms with van der Waals surface area (Å²) in [4.78, 5) is 11.5. The van der Waals surface area contributed by atoms with Crippen molar-refractivity contribution < 1.29 is 4.79 Å². The van der Waals surface area contributed by atoms with Crippen LogP contribution in [-0.2, 0) is 4.79 Å². The van der Waals surface area contributed by atoms with Gasteiger partial charge in [-0.2, -0.15) is 0 Å². The third kappa shape index (κ3) is 4.06. The Morgan fingerprint density at radius 2 is 1.93 bits per heavy atom. The molecule has 0 atom stereocenters. The van der Waals surface area contributed by atoms with Crippen molar-refractivity contribution in [2.45, 2.75) is 38.1 Å². The molecule has 0 aromatic heterocycles. The van der Waals surface area contributed by atoms with Gasteiger partial charge in [-0.25, -0.2) is 0 Å². The second-order valence-corrected chi connectivity index (χ2v) is 3.82. The van der Waals surface area contributed by atoms with Gasteiger partial charge in [0, 0.05) is 6.04 Å². The van der Waals surface area contributed by atoms with Gasteiger partial charge in [0.2, 0.25) is 0 Å². The number of nitrogens with two attached hydrogens (primary N) is 2. The second kappa shape index (κ2) is 6.11. The monoisotopic (exact) mass is 209 g/mol. The van der Waals surface area contributed by atoms with Crippen LogP contribution in [0.5, 0.6) is 0 Å². The Bertz CT molecular complexity index is 265. The van der Waals surface area contributed by atoms with E-state index in [0.717, 1.165) is 12.8 Å². The minimum atomic E-state index is -0.194. The van der Waals surface area contributed by atoms with Gasteiger partial charge in [0.05, 0.1) is 5.70 Å². The molecule has 1 rings (SSSR count). The molecule has 0 saturated heterocycles. The largest absolute Gasteiger partial charge is 0.405 e. The van der Waals surface area contributed by atoms with E-state index < -0.39 is 0 Å². The van der Waals surface area contributed by atoms with Gasteiger partial charge in [0.25, 0.3) is 5.91 Å². The molecule has 0 radical (unpaired) electrons. The van der Waals surface area contributed by atoms with Crippen LogP contribution in [-0.4, -0.2) is 11.9 Å². The molecule has 0 aromatic rings. The van der Waals surface area contributed by atoms with Crippen molar-refractivity contribution >= 4 is 5.91 Å². The van der Waals surface area contributed by atoms with E-state index in [9.17, 15) is 4.79 Å². The minimum absolute atomic E-state index is 0.194. The maximum Gasteiger partial charge on any atom is 0.267 e. The molecule has 5 N–H and O–H groups in total. The Balaban J connectivity index is 2.39. The molecule has 0 heterocycles. The summed E-state index contributed by atoms with van der Waals surface area (Å²) in [5, 5.41) is 2.92. The van der Waals surface area contributed by atoms with Gasteiger partial charge in [0.15, 0.2) is 0 Å². The Morgan fingerprint density at radius 1 is 1.27 bits per heavy atom. The molecule has 0 aromatic carbocycles. The highest BCUT2D eigenvalue weighted by molar-refractivity contribution is 5.92. The average molecular weight is 209 g/mol. The van der Waals surface area contributed by atoms with Crippen LogP contribution < -0.4 is 16.8 Å². The minimum Gasteiger partial charge on any atom is -0.405 e. The molecule has 0 aliphatic heterocycles. The van der Waals surface area contributed by atoms with Gasteiger partial charge in [-0.3, -0.25) is 4.79 Å². The third-order valence-corrected chi connectivity index (χ3v) is 2.59. The molecule has 4 nitrogen and oxygen atoms in total. The highest BCUT2D eigenvalue weighted by Crippen LogP contribution is 2.17. The molecular formula is C11H19N3O. The van der Waals surface area contributed by atoms with Crippen LogP contribution in [0.15, 0.2) is 24.0 Å². The van der Waals surface area contributed by atoms with E-state index in [0.29, 0.717) is 6.04 Å². The number of carbonyl (C=O) groups excluding carboxylic acids is 1. The van der Waals surface area contributed by atoms with Gasteiger partial charge >= 0.3 is 0 Å². The van der Waals surface area contributed by atoms with Crippen LogP contribution in [0, 0.1) is 0 Å². The average Bonchev–Trinajstić information content (AvgIpc) is 2.27. The first-order valence-electron chi connectivity index (χ1n) is 5.39. The number of carbonyl (C=O) groups is 1. The molecule has 1 saturated carbocycles. The van der Waals surface area contributed by atoms with E-state index in [4.69, 9.17) is 11.5 Å². The molecule has 1 fully saturated rings. The summed E-state index contributed by atoms with van der Waals surface area (Å²) in [7, 11) is 0. The summed E-state index contributed by atoms with van der Waals surface area (Å²) in [6.45, 7) is 0. The van der Waals surface area contributed by atoms with E-state index in [2.05, 4.69) is 5.32 Å². The highest BCUT2D eigenvalue weighted by atomic mass is 16.2. The first kappa shape index (κ1) is 11.6. The van der Waals surface area contributed by atoms with E-state index >= 15 is 0 Å². The number of hydrogen-bond acceptors (Lipinski definition) is 3. The van der Waals surface area contributed by atoms with Crippen molar-refractivity contribution in [1.29, 1.82) is 0 Å². The van der Waals surface area contributed by atoms with Gasteiger partial charge in [0.1, 0.15) is 0 Å². The highest BCUT2D eigenvalue weighted by Gasteiger charge is 2.16. The topological polar surface area (TPSA) is 81.1 Å². The molecular weight excluding hydrogens is 190 g/mol. The normalized spacial score (nSPS) is 19.3. The van der Waals surface area contributed by atoms with Gasteiger partial charge < -0.3 is 16.8 Å². The van der Waals surface area contributed by atoms with Crippen molar-refractivity contribution in [3.05, 3.63) is 24.0 Å². The van der Waals surface area contributed by atoms with Gasteiger partial charge in [-0.15, -0.1) is 0 Å². The first-order chi connectivity index (χ1) is 7.24. The first-order valence-corrected chi connectivity index (χ1v) is 5.39. The molecule has 0 unspecified atom stereocenters. The van der Waals surface area contributed by atoms with Crippen LogP contribution in [0.4, 0.5) is 0 Å². The fraction of sp³-hybridized carbons (Fsp3) is 0.545. The molecule has 4 heteroatoms. The lowest BCUT2D eigenvalue weighted by Gasteiger charge is -2.22. The zero-order valence-electron chi connectivity index (χ0n) is 8.91. The van der Waals surface area contributed by atoms with Gasteiger partial charge in [-0.05, 0) is 31.2 Å². The van der Waals surface area contributed by atoms with Crippen molar-refractivity contribution in [2.24, 2.45) is 11.5 Å². The number of hydrogen-bond donors (Lipinski definition) is 3. The zero-order chi connectivity index (χ0) is 11.1. The maximum atomic E-state index is 11.5. The fourth-order valence-electron chi connectivity index (χ4n) is 1.75. The van der Waals surface area contributed by atoms with Crippen LogP contribution in [0.2, 0.25) is 0 Å². The third-order valence-electron chi connectivity index (χ3n) is 2.59. The fourth-order valence-corrected chi connectivity index (χ4v) is 1.75. The van der Waals surface area contributed by atoms with Crippen LogP contribution in [0.3, 0.4) is 0 Å². The van der Waals surface area contributed by atoms with E-state index in [-0.39, 0.29) is 11.6 Å². The summed E-state index contributed by atoms with van der Waals surface area (Å²) in [6.07, 6.45) is 10.2. The SMILES string of the molecule is NC=C/C=C(\N)C(=O)NC1CCCCC1. The molecule has 15 heavy (non-hydrogen) atoms. The Morgan fingerprint density at radius 3 is 2.53 bits per heavy atom. The lowest BCUT2D eigenvalue weighted by Crippen LogP contribution is -2.38.